The van der Waals surface area contributed by atoms with Gasteiger partial charge in [0.05, 0.1) is 6.04 Å². The number of alkyl halides is 2. The van der Waals surface area contributed by atoms with Crippen LogP contribution in [0.3, 0.4) is 0 Å². The average Bonchev–Trinajstić information content (AvgIpc) is 3.52. The Balaban J connectivity index is 1.25. The molecule has 178 valence electrons. The van der Waals surface area contributed by atoms with Crippen LogP contribution in [-0.2, 0) is 9.47 Å². The lowest BCUT2D eigenvalue weighted by Crippen LogP contribution is -2.57. The van der Waals surface area contributed by atoms with Crippen LogP contribution in [0.5, 0.6) is 0 Å². The molecule has 0 aromatic rings. The lowest BCUT2D eigenvalue weighted by molar-refractivity contribution is -0.246. The number of hydrogen-bond acceptors (Lipinski definition) is 3. The normalized spacial score (nSPS) is 49.2. The third-order valence-corrected chi connectivity index (χ3v) is 10.2. The number of allylic oxidation sites excluding steroid dienone is 1. The summed E-state index contributed by atoms with van der Waals surface area (Å²) in [4.78, 5) is 5.12. The summed E-state index contributed by atoms with van der Waals surface area (Å²) in [5.41, 5.74) is 1.63. The van der Waals surface area contributed by atoms with Crippen LogP contribution in [0.25, 0.3) is 0 Å². The van der Waals surface area contributed by atoms with Gasteiger partial charge in [0.25, 0.3) is 5.92 Å². The van der Waals surface area contributed by atoms with E-state index < -0.39 is 23.7 Å². The summed E-state index contributed by atoms with van der Waals surface area (Å²) in [5.74, 6) is -1.41. The van der Waals surface area contributed by atoms with Crippen molar-refractivity contribution in [1.29, 1.82) is 0 Å². The van der Waals surface area contributed by atoms with Crippen LogP contribution in [0, 0.1) is 28.6 Å². The quantitative estimate of drug-likeness (QED) is 0.450. The maximum Gasteiger partial charge on any atom is 0.295 e. The number of halogens is 2. The highest BCUT2D eigenvalue weighted by Crippen LogP contribution is 2.66. The molecule has 32 heavy (non-hydrogen) atoms. The number of ether oxygens (including phenoxy) is 2. The molecule has 0 radical (unpaired) electrons. The fourth-order valence-electron chi connectivity index (χ4n) is 8.30. The maximum atomic E-state index is 15.9. The monoisotopic (exact) mass is 447 g/mol. The largest absolute Gasteiger partial charge is 0.353 e. The molecule has 0 amide bonds. The van der Waals surface area contributed by atoms with Crippen LogP contribution in [0.4, 0.5) is 8.78 Å². The first-order valence-electron chi connectivity index (χ1n) is 13.3. The van der Waals surface area contributed by atoms with Gasteiger partial charge in [-0.1, -0.05) is 19.9 Å². The molecule has 0 aromatic heterocycles. The fraction of sp³-hybridized carbons (Fsp3) is 0.889. The molecule has 7 atom stereocenters. The highest BCUT2D eigenvalue weighted by molar-refractivity contribution is 5.92. The molecular weight excluding hydrogens is 408 g/mol. The lowest BCUT2D eigenvalue weighted by Gasteiger charge is -2.58. The first-order valence-corrected chi connectivity index (χ1v) is 13.3. The topological polar surface area (TPSA) is 30.8 Å². The molecule has 3 nitrogen and oxygen atoms in total. The molecule has 1 aliphatic heterocycles. The van der Waals surface area contributed by atoms with Gasteiger partial charge >= 0.3 is 0 Å². The molecule has 5 fully saturated rings. The van der Waals surface area contributed by atoms with Crippen LogP contribution < -0.4 is 0 Å². The van der Waals surface area contributed by atoms with Crippen molar-refractivity contribution in [2.45, 2.75) is 115 Å². The minimum absolute atomic E-state index is 0.201. The minimum atomic E-state index is -2.90. The molecule has 0 N–H and O–H groups in total. The Morgan fingerprint density at radius 3 is 2.50 bits per heavy atom. The second-order valence-electron chi connectivity index (χ2n) is 12.0. The van der Waals surface area contributed by atoms with Gasteiger partial charge in [0.15, 0.2) is 6.29 Å². The van der Waals surface area contributed by atoms with Crippen molar-refractivity contribution in [2.75, 3.05) is 6.61 Å². The van der Waals surface area contributed by atoms with Gasteiger partial charge in [0.2, 0.25) is 0 Å². The SMILES string of the molecule is C[C@]12CCC(OC3CCCCO3)C(F)(F)C1=CC[C@@H]1[C@H]2CC[C@]2(C)C(=NC3CC3)CC[C@@H]12. The molecule has 0 spiro atoms. The Morgan fingerprint density at radius 1 is 0.969 bits per heavy atom. The zero-order valence-electron chi connectivity index (χ0n) is 19.8. The van der Waals surface area contributed by atoms with Crippen LogP contribution in [-0.4, -0.2) is 36.7 Å². The van der Waals surface area contributed by atoms with E-state index in [9.17, 15) is 0 Å². The van der Waals surface area contributed by atoms with Crippen LogP contribution >= 0.6 is 0 Å². The molecule has 2 unspecified atom stereocenters. The fourth-order valence-corrected chi connectivity index (χ4v) is 8.30. The van der Waals surface area contributed by atoms with Crippen molar-refractivity contribution in [3.8, 4) is 0 Å². The highest BCUT2D eigenvalue weighted by atomic mass is 19.3. The summed E-state index contributed by atoms with van der Waals surface area (Å²) >= 11 is 0. The minimum Gasteiger partial charge on any atom is -0.353 e. The molecule has 5 aliphatic carbocycles. The number of fused-ring (bicyclic) bond motifs is 5. The molecule has 4 saturated carbocycles. The van der Waals surface area contributed by atoms with Gasteiger partial charge in [0, 0.05) is 23.3 Å². The van der Waals surface area contributed by atoms with Gasteiger partial charge < -0.3 is 9.47 Å². The molecular formula is C27H39F2NO2. The zero-order valence-corrected chi connectivity index (χ0v) is 19.8. The van der Waals surface area contributed by atoms with Gasteiger partial charge in [-0.05, 0) is 100 Å². The summed E-state index contributed by atoms with van der Waals surface area (Å²) < 4.78 is 43.2. The predicted molar refractivity (Wildman–Crippen MR) is 121 cm³/mol. The zero-order chi connectivity index (χ0) is 22.1. The molecule has 6 rings (SSSR count). The van der Waals surface area contributed by atoms with Crippen molar-refractivity contribution in [3.63, 3.8) is 0 Å². The van der Waals surface area contributed by atoms with E-state index in [2.05, 4.69) is 13.8 Å². The van der Waals surface area contributed by atoms with E-state index in [-0.39, 0.29) is 5.41 Å². The van der Waals surface area contributed by atoms with Gasteiger partial charge in [-0.15, -0.1) is 0 Å². The molecule has 6 aliphatic rings. The number of hydrogen-bond donors (Lipinski definition) is 0. The first-order chi connectivity index (χ1) is 15.3. The molecule has 5 heteroatoms. The van der Waals surface area contributed by atoms with Crippen molar-refractivity contribution in [1.82, 2.24) is 0 Å². The van der Waals surface area contributed by atoms with E-state index in [1.54, 1.807) is 0 Å². The molecule has 0 bridgehead atoms. The third-order valence-electron chi connectivity index (χ3n) is 10.2. The van der Waals surface area contributed by atoms with Crippen LogP contribution in [0.15, 0.2) is 16.6 Å². The van der Waals surface area contributed by atoms with E-state index >= 15 is 8.78 Å². The summed E-state index contributed by atoms with van der Waals surface area (Å²) in [6.07, 6.45) is 12.2. The van der Waals surface area contributed by atoms with Crippen molar-refractivity contribution >= 4 is 5.71 Å². The average molecular weight is 448 g/mol. The summed E-state index contributed by atoms with van der Waals surface area (Å²) in [5, 5.41) is 0. The Bertz CT molecular complexity index is 814. The predicted octanol–water partition coefficient (Wildman–Crippen LogP) is 6.71. The first kappa shape index (κ1) is 21.7. The summed E-state index contributed by atoms with van der Waals surface area (Å²) in [7, 11) is 0. The molecule has 0 aromatic carbocycles. The van der Waals surface area contributed by atoms with E-state index in [0.29, 0.717) is 42.4 Å². The van der Waals surface area contributed by atoms with E-state index in [4.69, 9.17) is 14.5 Å². The van der Waals surface area contributed by atoms with Gasteiger partial charge in [0.1, 0.15) is 6.10 Å². The van der Waals surface area contributed by atoms with Crippen molar-refractivity contribution in [3.05, 3.63) is 11.6 Å². The van der Waals surface area contributed by atoms with Gasteiger partial charge in [-0.25, -0.2) is 0 Å². The highest BCUT2D eigenvalue weighted by Gasteiger charge is 2.63. The van der Waals surface area contributed by atoms with E-state index in [1.165, 1.54) is 25.0 Å². The van der Waals surface area contributed by atoms with E-state index in [0.717, 1.165) is 51.4 Å². The third kappa shape index (κ3) is 3.27. The van der Waals surface area contributed by atoms with Crippen LogP contribution in [0.1, 0.15) is 90.9 Å². The number of nitrogens with zero attached hydrogens (tertiary/aromatic N) is 1. The molecule has 1 saturated heterocycles. The standard InChI is InChI=1S/C27H39F2NO2/c1-25-15-13-23(32-24-5-3-4-16-31-24)27(28,29)21(25)10-8-18-19-9-11-22(30-17-6-7-17)26(19,2)14-12-20(18)25/h10,17-20,23-24H,3-9,11-16H2,1-2H3/t18-,19-,20+,23?,24?,25+,26-/m0/s1. The smallest absolute Gasteiger partial charge is 0.295 e. The second-order valence-corrected chi connectivity index (χ2v) is 12.0. The Hall–Kier alpha value is -0.810. The van der Waals surface area contributed by atoms with Gasteiger partial charge in [-0.3, -0.25) is 4.99 Å². The summed E-state index contributed by atoms with van der Waals surface area (Å²) in [6.45, 7) is 5.21. The number of rotatable bonds is 3. The Kier molecular flexibility index (Phi) is 5.15. The van der Waals surface area contributed by atoms with Crippen molar-refractivity contribution in [2.24, 2.45) is 33.6 Å². The van der Waals surface area contributed by atoms with E-state index in [1.807, 2.05) is 6.08 Å². The second kappa shape index (κ2) is 7.60. The Labute approximate surface area is 191 Å². The van der Waals surface area contributed by atoms with Crippen LogP contribution in [0.2, 0.25) is 0 Å². The maximum absolute atomic E-state index is 15.9. The summed E-state index contributed by atoms with van der Waals surface area (Å²) in [6, 6.07) is 0.579. The molecule has 1 heterocycles. The van der Waals surface area contributed by atoms with Crippen molar-refractivity contribution < 1.29 is 18.3 Å². The number of aliphatic imine (C=N–C) groups is 1. The lowest BCUT2D eigenvalue weighted by atomic mass is 9.47. The Morgan fingerprint density at radius 2 is 1.75 bits per heavy atom. The van der Waals surface area contributed by atoms with Gasteiger partial charge in [-0.2, -0.15) is 8.78 Å².